The molecule has 17 heavy (non-hydrogen) atoms. The number of benzene rings is 1. The summed E-state index contributed by atoms with van der Waals surface area (Å²) in [6.07, 6.45) is 0. The van der Waals surface area contributed by atoms with Gasteiger partial charge in [0, 0.05) is 30.3 Å². The molecule has 1 aliphatic rings. The molecule has 0 atom stereocenters. The summed E-state index contributed by atoms with van der Waals surface area (Å²) in [5, 5.41) is 3.29. The largest absolute Gasteiger partial charge is 0.342 e. The first-order valence-electron chi connectivity index (χ1n) is 6.09. The first kappa shape index (κ1) is 10.5. The van der Waals surface area contributed by atoms with E-state index in [0.29, 0.717) is 5.92 Å². The van der Waals surface area contributed by atoms with Gasteiger partial charge < -0.3 is 10.3 Å². The number of hydrogen-bond donors (Lipinski definition) is 2. The van der Waals surface area contributed by atoms with E-state index in [-0.39, 0.29) is 0 Å². The highest BCUT2D eigenvalue weighted by atomic mass is 15.0. The van der Waals surface area contributed by atoms with E-state index in [0.717, 1.165) is 18.9 Å². The highest BCUT2D eigenvalue weighted by Gasteiger charge is 2.24. The van der Waals surface area contributed by atoms with Crippen molar-refractivity contribution in [3.05, 3.63) is 41.2 Å². The lowest BCUT2D eigenvalue weighted by Crippen LogP contribution is -2.40. The van der Waals surface area contributed by atoms with E-state index in [1.165, 1.54) is 22.5 Å². The third kappa shape index (κ3) is 1.76. The molecule has 0 unspecified atom stereocenters. The molecule has 2 heterocycles. The van der Waals surface area contributed by atoms with Crippen LogP contribution in [0.5, 0.6) is 0 Å². The monoisotopic (exact) mass is 227 g/mol. The Morgan fingerprint density at radius 3 is 2.59 bits per heavy atom. The first-order valence-corrected chi connectivity index (χ1v) is 6.09. The molecule has 3 rings (SSSR count). The Labute approximate surface area is 101 Å². The van der Waals surface area contributed by atoms with Crippen molar-refractivity contribution < 1.29 is 0 Å². The average Bonchev–Trinajstić information content (AvgIpc) is 2.59. The van der Waals surface area contributed by atoms with E-state index >= 15 is 0 Å². The molecule has 0 aliphatic carbocycles. The zero-order valence-corrected chi connectivity index (χ0v) is 10.2. The van der Waals surface area contributed by atoms with E-state index in [9.17, 15) is 0 Å². The molecule has 0 saturated carbocycles. The Hall–Kier alpha value is -1.61. The number of aryl methyl sites for hydroxylation is 2. The minimum Gasteiger partial charge on any atom is -0.342 e. The lowest BCUT2D eigenvalue weighted by Gasteiger charge is -2.25. The Morgan fingerprint density at radius 1 is 1.18 bits per heavy atom. The van der Waals surface area contributed by atoms with Crippen molar-refractivity contribution in [3.8, 4) is 11.4 Å². The van der Waals surface area contributed by atoms with Gasteiger partial charge in [0.1, 0.15) is 5.82 Å². The van der Waals surface area contributed by atoms with Gasteiger partial charge in [-0.25, -0.2) is 4.98 Å². The highest BCUT2D eigenvalue weighted by Crippen LogP contribution is 2.26. The fraction of sp³-hybridized carbons (Fsp3) is 0.357. The van der Waals surface area contributed by atoms with Crippen LogP contribution in [-0.4, -0.2) is 23.1 Å². The molecule has 2 aromatic rings. The van der Waals surface area contributed by atoms with E-state index in [1.54, 1.807) is 0 Å². The van der Waals surface area contributed by atoms with E-state index < -0.39 is 0 Å². The molecule has 88 valence electrons. The second-order valence-corrected chi connectivity index (χ2v) is 4.77. The molecular formula is C14H17N3. The predicted octanol–water partition coefficient (Wildman–Crippen LogP) is 2.38. The Kier molecular flexibility index (Phi) is 2.48. The third-order valence-electron chi connectivity index (χ3n) is 3.49. The lowest BCUT2D eigenvalue weighted by atomic mass is 9.98. The zero-order valence-electron chi connectivity index (χ0n) is 10.2. The van der Waals surface area contributed by atoms with Crippen molar-refractivity contribution in [2.45, 2.75) is 19.8 Å². The molecule has 3 nitrogen and oxygen atoms in total. The highest BCUT2D eigenvalue weighted by molar-refractivity contribution is 5.60. The molecular weight excluding hydrogens is 210 g/mol. The number of nitrogens with zero attached hydrogens (tertiary/aromatic N) is 1. The maximum absolute atomic E-state index is 4.77. The van der Waals surface area contributed by atoms with Gasteiger partial charge in [0.15, 0.2) is 0 Å². The predicted molar refractivity (Wildman–Crippen MR) is 69.1 cm³/mol. The summed E-state index contributed by atoms with van der Waals surface area (Å²) in [6.45, 7) is 6.35. The summed E-state index contributed by atoms with van der Waals surface area (Å²) in [6, 6.07) is 8.37. The van der Waals surface area contributed by atoms with Gasteiger partial charge in [-0.1, -0.05) is 24.3 Å². The normalized spacial score (nSPS) is 15.9. The Balaban J connectivity index is 2.01. The third-order valence-corrected chi connectivity index (χ3v) is 3.49. The number of rotatable bonds is 2. The molecule has 0 spiro atoms. The number of hydrogen-bond acceptors (Lipinski definition) is 2. The number of aromatic amines is 1. The minimum atomic E-state index is 0.587. The SMILES string of the molecule is Cc1ccccc1-c1nc(C2CNC2)c(C)[nH]1. The summed E-state index contributed by atoms with van der Waals surface area (Å²) in [5.74, 6) is 1.59. The summed E-state index contributed by atoms with van der Waals surface area (Å²) >= 11 is 0. The van der Waals surface area contributed by atoms with Crippen LogP contribution in [0.25, 0.3) is 11.4 Å². The second-order valence-electron chi connectivity index (χ2n) is 4.77. The van der Waals surface area contributed by atoms with Crippen molar-refractivity contribution in [2.24, 2.45) is 0 Å². The molecule has 1 aromatic heterocycles. The molecule has 0 radical (unpaired) electrons. The molecule has 1 aromatic carbocycles. The number of nitrogens with one attached hydrogen (secondary N) is 2. The average molecular weight is 227 g/mol. The molecule has 1 aliphatic heterocycles. The Morgan fingerprint density at radius 2 is 1.94 bits per heavy atom. The first-order chi connectivity index (χ1) is 8.25. The molecule has 2 N–H and O–H groups in total. The summed E-state index contributed by atoms with van der Waals surface area (Å²) in [5.41, 5.74) is 4.89. The fourth-order valence-corrected chi connectivity index (χ4v) is 2.32. The van der Waals surface area contributed by atoms with Crippen LogP contribution in [0.1, 0.15) is 22.9 Å². The van der Waals surface area contributed by atoms with Crippen molar-refractivity contribution in [3.63, 3.8) is 0 Å². The standard InChI is InChI=1S/C14H17N3/c1-9-5-3-4-6-12(9)14-16-10(2)13(17-14)11-7-15-8-11/h3-6,11,15H,7-8H2,1-2H3,(H,16,17). The van der Waals surface area contributed by atoms with Gasteiger partial charge in [-0.15, -0.1) is 0 Å². The molecule has 1 fully saturated rings. The van der Waals surface area contributed by atoms with Gasteiger partial charge in [-0.05, 0) is 19.4 Å². The van der Waals surface area contributed by atoms with Crippen LogP contribution in [0.4, 0.5) is 0 Å². The van der Waals surface area contributed by atoms with Gasteiger partial charge in [-0.3, -0.25) is 0 Å². The van der Waals surface area contributed by atoms with Crippen LogP contribution in [0.2, 0.25) is 0 Å². The zero-order chi connectivity index (χ0) is 11.8. The Bertz CT molecular complexity index is 538. The van der Waals surface area contributed by atoms with Crippen LogP contribution in [-0.2, 0) is 0 Å². The van der Waals surface area contributed by atoms with E-state index in [1.807, 2.05) is 0 Å². The summed E-state index contributed by atoms with van der Waals surface area (Å²) in [7, 11) is 0. The van der Waals surface area contributed by atoms with Crippen molar-refractivity contribution in [2.75, 3.05) is 13.1 Å². The van der Waals surface area contributed by atoms with Crippen molar-refractivity contribution in [1.82, 2.24) is 15.3 Å². The van der Waals surface area contributed by atoms with Crippen LogP contribution >= 0.6 is 0 Å². The number of H-pyrrole nitrogens is 1. The van der Waals surface area contributed by atoms with E-state index in [2.05, 4.69) is 48.4 Å². The molecule has 3 heteroatoms. The molecule has 1 saturated heterocycles. The topological polar surface area (TPSA) is 40.7 Å². The molecule has 0 amide bonds. The van der Waals surface area contributed by atoms with Gasteiger partial charge in [0.05, 0.1) is 5.69 Å². The smallest absolute Gasteiger partial charge is 0.138 e. The number of imidazole rings is 1. The summed E-state index contributed by atoms with van der Waals surface area (Å²) in [4.78, 5) is 8.18. The van der Waals surface area contributed by atoms with Crippen LogP contribution < -0.4 is 5.32 Å². The van der Waals surface area contributed by atoms with Crippen molar-refractivity contribution >= 4 is 0 Å². The molecule has 0 bridgehead atoms. The number of aromatic nitrogens is 2. The van der Waals surface area contributed by atoms with Crippen LogP contribution in [0.15, 0.2) is 24.3 Å². The quantitative estimate of drug-likeness (QED) is 0.827. The van der Waals surface area contributed by atoms with Gasteiger partial charge >= 0.3 is 0 Å². The van der Waals surface area contributed by atoms with Crippen LogP contribution in [0.3, 0.4) is 0 Å². The van der Waals surface area contributed by atoms with E-state index in [4.69, 9.17) is 4.98 Å². The van der Waals surface area contributed by atoms with Gasteiger partial charge in [0.25, 0.3) is 0 Å². The van der Waals surface area contributed by atoms with Crippen molar-refractivity contribution in [1.29, 1.82) is 0 Å². The lowest BCUT2D eigenvalue weighted by molar-refractivity contribution is 0.439. The minimum absolute atomic E-state index is 0.587. The maximum Gasteiger partial charge on any atom is 0.138 e. The fourth-order valence-electron chi connectivity index (χ4n) is 2.32. The van der Waals surface area contributed by atoms with Gasteiger partial charge in [-0.2, -0.15) is 0 Å². The van der Waals surface area contributed by atoms with Gasteiger partial charge in [0.2, 0.25) is 0 Å². The second kappa shape index (κ2) is 4.00. The summed E-state index contributed by atoms with van der Waals surface area (Å²) < 4.78 is 0. The maximum atomic E-state index is 4.77. The van der Waals surface area contributed by atoms with Crippen LogP contribution in [0, 0.1) is 13.8 Å².